The highest BCUT2D eigenvalue weighted by Gasteiger charge is 2.18. The first-order valence-electron chi connectivity index (χ1n) is 6.95. The second-order valence-corrected chi connectivity index (χ2v) is 7.04. The van der Waals surface area contributed by atoms with E-state index in [1.165, 1.54) is 5.56 Å². The van der Waals surface area contributed by atoms with E-state index >= 15 is 0 Å². The molecule has 0 radical (unpaired) electrons. The lowest BCUT2D eigenvalue weighted by atomic mass is 9.91. The highest BCUT2D eigenvalue weighted by molar-refractivity contribution is 9.10. The van der Waals surface area contributed by atoms with Gasteiger partial charge in [0.2, 0.25) is 5.88 Å². The van der Waals surface area contributed by atoms with E-state index in [4.69, 9.17) is 10.5 Å². The summed E-state index contributed by atoms with van der Waals surface area (Å²) >= 11 is 3.52. The molecule has 2 N–H and O–H groups in total. The van der Waals surface area contributed by atoms with Crippen molar-refractivity contribution in [3.05, 3.63) is 51.6 Å². The Hall–Kier alpha value is -1.39. The number of aryl methyl sites for hydroxylation is 1. The maximum Gasteiger partial charge on any atom is 0.219 e. The van der Waals surface area contributed by atoms with Crippen molar-refractivity contribution in [3.63, 3.8) is 0 Å². The molecule has 1 aromatic heterocycles. The van der Waals surface area contributed by atoms with Crippen LogP contribution in [0.15, 0.2) is 34.8 Å². The lowest BCUT2D eigenvalue weighted by molar-refractivity contribution is 0.448. The van der Waals surface area contributed by atoms with Gasteiger partial charge in [0.25, 0.3) is 0 Å². The summed E-state index contributed by atoms with van der Waals surface area (Å²) in [5.74, 6) is 1.33. The van der Waals surface area contributed by atoms with Crippen LogP contribution in [0.5, 0.6) is 11.6 Å². The number of hydrogen-bond acceptors (Lipinski definition) is 3. The fraction of sp³-hybridized carbons (Fsp3) is 0.353. The van der Waals surface area contributed by atoms with Gasteiger partial charge in [-0.2, -0.15) is 0 Å². The monoisotopic (exact) mass is 348 g/mol. The lowest BCUT2D eigenvalue weighted by Gasteiger charge is -2.20. The molecule has 0 aliphatic heterocycles. The van der Waals surface area contributed by atoms with Gasteiger partial charge in [-0.15, -0.1) is 0 Å². The molecule has 4 heteroatoms. The third-order valence-corrected chi connectivity index (χ3v) is 3.79. The highest BCUT2D eigenvalue weighted by Crippen LogP contribution is 2.31. The van der Waals surface area contributed by atoms with E-state index in [1.54, 1.807) is 0 Å². The number of ether oxygens (including phenoxy) is 1. The van der Waals surface area contributed by atoms with E-state index in [2.05, 4.69) is 41.7 Å². The number of pyridine rings is 1. The molecule has 2 rings (SSSR count). The van der Waals surface area contributed by atoms with Crippen molar-refractivity contribution in [3.8, 4) is 11.6 Å². The molecular formula is C17H21BrN2O. The van der Waals surface area contributed by atoms with E-state index < -0.39 is 0 Å². The summed E-state index contributed by atoms with van der Waals surface area (Å²) in [7, 11) is 0. The fourth-order valence-electron chi connectivity index (χ4n) is 1.91. The quantitative estimate of drug-likeness (QED) is 0.874. The smallest absolute Gasteiger partial charge is 0.219 e. The van der Waals surface area contributed by atoms with Crippen LogP contribution in [0.3, 0.4) is 0 Å². The third-order valence-electron chi connectivity index (χ3n) is 3.17. The van der Waals surface area contributed by atoms with Gasteiger partial charge in [-0.3, -0.25) is 0 Å². The number of rotatable bonds is 3. The Morgan fingerprint density at radius 1 is 1.19 bits per heavy atom. The molecule has 1 heterocycles. The SMILES string of the molecule is Cc1ccc(Oc2cc(CN)cc(C(C)(C)C)n2)c(Br)c1. The number of aromatic nitrogens is 1. The molecule has 3 nitrogen and oxygen atoms in total. The minimum atomic E-state index is -0.0478. The molecule has 2 aromatic rings. The Labute approximate surface area is 134 Å². The van der Waals surface area contributed by atoms with Gasteiger partial charge in [-0.25, -0.2) is 4.98 Å². The van der Waals surface area contributed by atoms with Gasteiger partial charge in [-0.1, -0.05) is 26.8 Å². The Kier molecular flexibility index (Phi) is 4.69. The second-order valence-electron chi connectivity index (χ2n) is 6.19. The topological polar surface area (TPSA) is 48.1 Å². The standard InChI is InChI=1S/C17H21BrN2O/c1-11-5-6-14(13(18)7-11)21-16-9-12(10-19)8-15(20-16)17(2,3)4/h5-9H,10,19H2,1-4H3. The second kappa shape index (κ2) is 6.16. The van der Waals surface area contributed by atoms with Crippen molar-refractivity contribution in [1.29, 1.82) is 0 Å². The fourth-order valence-corrected chi connectivity index (χ4v) is 2.49. The zero-order chi connectivity index (χ0) is 15.6. The highest BCUT2D eigenvalue weighted by atomic mass is 79.9. The van der Waals surface area contributed by atoms with Crippen molar-refractivity contribution < 1.29 is 4.74 Å². The maximum absolute atomic E-state index is 5.93. The normalized spacial score (nSPS) is 11.5. The zero-order valence-electron chi connectivity index (χ0n) is 12.9. The molecule has 21 heavy (non-hydrogen) atoms. The molecular weight excluding hydrogens is 328 g/mol. The summed E-state index contributed by atoms with van der Waals surface area (Å²) in [6.45, 7) is 8.89. The average molecular weight is 349 g/mol. The molecule has 0 aliphatic rings. The van der Waals surface area contributed by atoms with Crippen molar-refractivity contribution in [2.75, 3.05) is 0 Å². The molecule has 0 saturated heterocycles. The molecule has 0 spiro atoms. The molecule has 1 aromatic carbocycles. The predicted octanol–water partition coefficient (Wildman–Crippen LogP) is 4.70. The molecule has 0 saturated carbocycles. The van der Waals surface area contributed by atoms with Gasteiger partial charge < -0.3 is 10.5 Å². The van der Waals surface area contributed by atoms with Crippen LogP contribution in [0, 0.1) is 6.92 Å². The van der Waals surface area contributed by atoms with E-state index in [1.807, 2.05) is 37.3 Å². The van der Waals surface area contributed by atoms with Gasteiger partial charge in [0.1, 0.15) is 5.75 Å². The predicted molar refractivity (Wildman–Crippen MR) is 89.8 cm³/mol. The Morgan fingerprint density at radius 2 is 1.90 bits per heavy atom. The summed E-state index contributed by atoms with van der Waals surface area (Å²) < 4.78 is 6.85. The van der Waals surface area contributed by atoms with Crippen LogP contribution in [0.1, 0.15) is 37.6 Å². The molecule has 0 bridgehead atoms. The van der Waals surface area contributed by atoms with Crippen molar-refractivity contribution >= 4 is 15.9 Å². The summed E-state index contributed by atoms with van der Waals surface area (Å²) in [5, 5.41) is 0. The molecule has 0 unspecified atom stereocenters. The van der Waals surface area contributed by atoms with Crippen LogP contribution in [0.25, 0.3) is 0 Å². The van der Waals surface area contributed by atoms with E-state index in [-0.39, 0.29) is 5.41 Å². The van der Waals surface area contributed by atoms with Gasteiger partial charge in [0.05, 0.1) is 10.2 Å². The summed E-state index contributed by atoms with van der Waals surface area (Å²) in [4.78, 5) is 4.61. The molecule has 0 fully saturated rings. The number of halogens is 1. The van der Waals surface area contributed by atoms with Crippen molar-refractivity contribution in [2.24, 2.45) is 5.73 Å². The zero-order valence-corrected chi connectivity index (χ0v) is 14.5. The summed E-state index contributed by atoms with van der Waals surface area (Å²) in [6, 6.07) is 9.90. The van der Waals surface area contributed by atoms with E-state index in [0.717, 1.165) is 21.5 Å². The van der Waals surface area contributed by atoms with Crippen LogP contribution >= 0.6 is 15.9 Å². The Balaban J connectivity index is 2.39. The lowest BCUT2D eigenvalue weighted by Crippen LogP contribution is -2.15. The third kappa shape index (κ3) is 4.05. The number of nitrogens with zero attached hydrogens (tertiary/aromatic N) is 1. The average Bonchev–Trinajstić information content (AvgIpc) is 2.40. The minimum Gasteiger partial charge on any atom is -0.438 e. The molecule has 0 atom stereocenters. The van der Waals surface area contributed by atoms with Crippen LogP contribution in [-0.4, -0.2) is 4.98 Å². The first-order valence-corrected chi connectivity index (χ1v) is 7.74. The summed E-state index contributed by atoms with van der Waals surface area (Å²) in [6.07, 6.45) is 0. The number of hydrogen-bond donors (Lipinski definition) is 1. The Morgan fingerprint density at radius 3 is 2.48 bits per heavy atom. The minimum absolute atomic E-state index is 0.0478. The van der Waals surface area contributed by atoms with E-state index in [9.17, 15) is 0 Å². The van der Waals surface area contributed by atoms with Gasteiger partial charge in [0.15, 0.2) is 0 Å². The maximum atomic E-state index is 5.93. The molecule has 0 amide bonds. The summed E-state index contributed by atoms with van der Waals surface area (Å²) in [5.41, 5.74) is 8.91. The Bertz CT molecular complexity index is 648. The van der Waals surface area contributed by atoms with Crippen LogP contribution < -0.4 is 10.5 Å². The van der Waals surface area contributed by atoms with Crippen molar-refractivity contribution in [2.45, 2.75) is 39.7 Å². The number of nitrogens with two attached hydrogens (primary N) is 1. The van der Waals surface area contributed by atoms with Crippen molar-refractivity contribution in [1.82, 2.24) is 4.98 Å². The number of benzene rings is 1. The largest absolute Gasteiger partial charge is 0.438 e. The van der Waals surface area contributed by atoms with Gasteiger partial charge in [0, 0.05) is 18.0 Å². The van der Waals surface area contributed by atoms with Gasteiger partial charge in [-0.05, 0) is 52.2 Å². The molecule has 0 aliphatic carbocycles. The van der Waals surface area contributed by atoms with Crippen LogP contribution in [-0.2, 0) is 12.0 Å². The van der Waals surface area contributed by atoms with Crippen LogP contribution in [0.4, 0.5) is 0 Å². The van der Waals surface area contributed by atoms with Gasteiger partial charge >= 0.3 is 0 Å². The molecule has 112 valence electrons. The first-order chi connectivity index (χ1) is 9.79. The first kappa shape index (κ1) is 16.0. The van der Waals surface area contributed by atoms with E-state index in [0.29, 0.717) is 12.4 Å². The van der Waals surface area contributed by atoms with Crippen LogP contribution in [0.2, 0.25) is 0 Å².